The van der Waals surface area contributed by atoms with Crippen LogP contribution in [-0.2, 0) is 0 Å². The van der Waals surface area contributed by atoms with Crippen LogP contribution in [0.15, 0.2) is 18.2 Å². The van der Waals surface area contributed by atoms with Crippen molar-refractivity contribution in [3.8, 4) is 11.5 Å². The first-order chi connectivity index (χ1) is 7.04. The molecular formula is C10H12F2O3. The highest BCUT2D eigenvalue weighted by molar-refractivity contribution is 5.43. The SMILES string of the molecule is COc1ccc(C(C)O)cc1OC(F)F. The van der Waals surface area contributed by atoms with Gasteiger partial charge in [-0.05, 0) is 24.6 Å². The Bertz CT molecular complexity index is 326. The molecule has 0 amide bonds. The molecule has 3 nitrogen and oxygen atoms in total. The van der Waals surface area contributed by atoms with Gasteiger partial charge in [-0.1, -0.05) is 6.07 Å². The molecule has 0 aromatic heterocycles. The van der Waals surface area contributed by atoms with Gasteiger partial charge in [0.25, 0.3) is 0 Å². The Morgan fingerprint density at radius 1 is 1.27 bits per heavy atom. The minimum absolute atomic E-state index is 0.0779. The first kappa shape index (κ1) is 11.7. The Kier molecular flexibility index (Phi) is 3.85. The van der Waals surface area contributed by atoms with Gasteiger partial charge in [-0.15, -0.1) is 0 Å². The summed E-state index contributed by atoms with van der Waals surface area (Å²) < 4.78 is 33.2. The first-order valence-corrected chi connectivity index (χ1v) is 4.35. The first-order valence-electron chi connectivity index (χ1n) is 4.35. The molecule has 0 heterocycles. The van der Waals surface area contributed by atoms with Gasteiger partial charge < -0.3 is 14.6 Å². The molecule has 5 heteroatoms. The normalized spacial score (nSPS) is 12.7. The van der Waals surface area contributed by atoms with Crippen LogP contribution in [0, 0.1) is 0 Å². The summed E-state index contributed by atoms with van der Waals surface area (Å²) in [5.74, 6) is 0.130. The number of rotatable bonds is 4. The second kappa shape index (κ2) is 4.93. The van der Waals surface area contributed by atoms with Crippen LogP contribution in [0.25, 0.3) is 0 Å². The van der Waals surface area contributed by atoms with Gasteiger partial charge in [0, 0.05) is 0 Å². The fourth-order valence-corrected chi connectivity index (χ4v) is 1.14. The third-order valence-electron chi connectivity index (χ3n) is 1.89. The van der Waals surface area contributed by atoms with Gasteiger partial charge in [-0.3, -0.25) is 0 Å². The highest BCUT2D eigenvalue weighted by Gasteiger charge is 2.12. The molecular weight excluding hydrogens is 206 g/mol. The van der Waals surface area contributed by atoms with Gasteiger partial charge in [0.15, 0.2) is 11.5 Å². The molecule has 0 saturated heterocycles. The van der Waals surface area contributed by atoms with E-state index in [1.165, 1.54) is 26.2 Å². The van der Waals surface area contributed by atoms with Crippen LogP contribution in [0.3, 0.4) is 0 Å². The summed E-state index contributed by atoms with van der Waals surface area (Å²) in [7, 11) is 1.36. The monoisotopic (exact) mass is 218 g/mol. The number of benzene rings is 1. The maximum absolute atomic E-state index is 12.0. The zero-order valence-corrected chi connectivity index (χ0v) is 8.41. The van der Waals surface area contributed by atoms with Gasteiger partial charge in [-0.2, -0.15) is 8.78 Å². The molecule has 1 unspecified atom stereocenters. The maximum Gasteiger partial charge on any atom is 0.387 e. The van der Waals surface area contributed by atoms with Gasteiger partial charge in [0.1, 0.15) is 0 Å². The van der Waals surface area contributed by atoms with E-state index >= 15 is 0 Å². The van der Waals surface area contributed by atoms with Crippen LogP contribution >= 0.6 is 0 Å². The zero-order valence-electron chi connectivity index (χ0n) is 8.41. The largest absolute Gasteiger partial charge is 0.493 e. The molecule has 0 aliphatic carbocycles. The van der Waals surface area contributed by atoms with Gasteiger partial charge >= 0.3 is 6.61 Å². The van der Waals surface area contributed by atoms with Crippen molar-refractivity contribution in [3.63, 3.8) is 0 Å². The van der Waals surface area contributed by atoms with Crippen LogP contribution in [-0.4, -0.2) is 18.8 Å². The molecule has 1 aromatic carbocycles. The fourth-order valence-electron chi connectivity index (χ4n) is 1.14. The predicted octanol–water partition coefficient (Wildman–Crippen LogP) is 2.35. The molecule has 1 N–H and O–H groups in total. The van der Waals surface area contributed by atoms with E-state index in [1.807, 2.05) is 0 Å². The van der Waals surface area contributed by atoms with E-state index in [9.17, 15) is 13.9 Å². The number of aliphatic hydroxyl groups is 1. The number of halogens is 2. The number of hydrogen-bond donors (Lipinski definition) is 1. The lowest BCUT2D eigenvalue weighted by Gasteiger charge is -2.12. The number of hydrogen-bond acceptors (Lipinski definition) is 3. The number of methoxy groups -OCH3 is 1. The molecule has 0 aliphatic rings. The van der Waals surface area contributed by atoms with Gasteiger partial charge in [-0.25, -0.2) is 0 Å². The Morgan fingerprint density at radius 3 is 2.40 bits per heavy atom. The van der Waals surface area contributed by atoms with E-state index in [0.717, 1.165) is 0 Å². The molecule has 0 spiro atoms. The van der Waals surface area contributed by atoms with Gasteiger partial charge in [0.05, 0.1) is 13.2 Å². The molecule has 0 fully saturated rings. The Hall–Kier alpha value is -1.36. The summed E-state index contributed by atoms with van der Waals surface area (Å²) in [6.45, 7) is -1.38. The van der Waals surface area contributed by atoms with E-state index in [0.29, 0.717) is 5.56 Å². The van der Waals surface area contributed by atoms with Crippen molar-refractivity contribution < 1.29 is 23.4 Å². The van der Waals surface area contributed by atoms with Crippen LogP contribution < -0.4 is 9.47 Å². The number of aliphatic hydroxyl groups excluding tert-OH is 1. The number of alkyl halides is 2. The second-order valence-electron chi connectivity index (χ2n) is 2.96. The molecule has 0 saturated carbocycles. The summed E-state index contributed by atoms with van der Waals surface area (Å²) in [6, 6.07) is 4.39. The van der Waals surface area contributed by atoms with Crippen molar-refractivity contribution in [3.05, 3.63) is 23.8 Å². The van der Waals surface area contributed by atoms with Crippen molar-refractivity contribution in [2.75, 3.05) is 7.11 Å². The van der Waals surface area contributed by atoms with E-state index in [2.05, 4.69) is 4.74 Å². The van der Waals surface area contributed by atoms with Crippen LogP contribution in [0.2, 0.25) is 0 Å². The van der Waals surface area contributed by atoms with Crippen LogP contribution in [0.4, 0.5) is 8.78 Å². The van der Waals surface area contributed by atoms with Gasteiger partial charge in [0.2, 0.25) is 0 Å². The van der Waals surface area contributed by atoms with E-state index in [4.69, 9.17) is 4.74 Å². The Labute approximate surface area is 86.2 Å². The predicted molar refractivity (Wildman–Crippen MR) is 50.3 cm³/mol. The third kappa shape index (κ3) is 3.06. The lowest BCUT2D eigenvalue weighted by Crippen LogP contribution is -2.04. The highest BCUT2D eigenvalue weighted by atomic mass is 19.3. The fraction of sp³-hybridized carbons (Fsp3) is 0.400. The van der Waals surface area contributed by atoms with Crippen LogP contribution in [0.5, 0.6) is 11.5 Å². The zero-order chi connectivity index (χ0) is 11.4. The standard InChI is InChI=1S/C10H12F2O3/c1-6(13)7-3-4-8(14-2)9(5-7)15-10(11)12/h3-6,10,13H,1-2H3. The van der Waals surface area contributed by atoms with Crippen LogP contribution in [0.1, 0.15) is 18.6 Å². The quantitative estimate of drug-likeness (QED) is 0.843. The Balaban J connectivity index is 3.02. The topological polar surface area (TPSA) is 38.7 Å². The Morgan fingerprint density at radius 2 is 1.93 bits per heavy atom. The second-order valence-corrected chi connectivity index (χ2v) is 2.96. The highest BCUT2D eigenvalue weighted by Crippen LogP contribution is 2.31. The van der Waals surface area contributed by atoms with E-state index in [-0.39, 0.29) is 11.5 Å². The molecule has 84 valence electrons. The average molecular weight is 218 g/mol. The van der Waals surface area contributed by atoms with Crippen molar-refractivity contribution in [2.45, 2.75) is 19.6 Å². The summed E-state index contributed by atoms with van der Waals surface area (Å²) in [5, 5.41) is 9.26. The molecule has 1 aromatic rings. The molecule has 0 bridgehead atoms. The lowest BCUT2D eigenvalue weighted by atomic mass is 10.1. The average Bonchev–Trinajstić information content (AvgIpc) is 2.16. The maximum atomic E-state index is 12.0. The molecule has 0 aliphatic heterocycles. The third-order valence-corrected chi connectivity index (χ3v) is 1.89. The molecule has 1 rings (SSSR count). The minimum Gasteiger partial charge on any atom is -0.493 e. The van der Waals surface area contributed by atoms with E-state index in [1.54, 1.807) is 6.07 Å². The summed E-state index contributed by atoms with van der Waals surface area (Å²) in [6.07, 6.45) is -0.740. The summed E-state index contributed by atoms with van der Waals surface area (Å²) >= 11 is 0. The van der Waals surface area contributed by atoms with Crippen molar-refractivity contribution in [1.29, 1.82) is 0 Å². The molecule has 1 atom stereocenters. The van der Waals surface area contributed by atoms with Crippen molar-refractivity contribution in [1.82, 2.24) is 0 Å². The lowest BCUT2D eigenvalue weighted by molar-refractivity contribution is -0.0513. The summed E-state index contributed by atoms with van der Waals surface area (Å²) in [4.78, 5) is 0. The molecule has 0 radical (unpaired) electrons. The smallest absolute Gasteiger partial charge is 0.387 e. The van der Waals surface area contributed by atoms with Crippen molar-refractivity contribution in [2.24, 2.45) is 0 Å². The number of ether oxygens (including phenoxy) is 2. The van der Waals surface area contributed by atoms with Crippen molar-refractivity contribution >= 4 is 0 Å². The summed E-state index contributed by atoms with van der Waals surface area (Å²) in [5.41, 5.74) is 0.492. The molecule has 15 heavy (non-hydrogen) atoms. The minimum atomic E-state index is -2.91. The van der Waals surface area contributed by atoms with E-state index < -0.39 is 12.7 Å².